The maximum Gasteiger partial charge on any atom is 0.326 e. The molecule has 2 amide bonds. The van der Waals surface area contributed by atoms with Crippen LogP contribution >= 0.6 is 0 Å². The first kappa shape index (κ1) is 16.3. The predicted molar refractivity (Wildman–Crippen MR) is 72.0 cm³/mol. The van der Waals surface area contributed by atoms with Gasteiger partial charge >= 0.3 is 5.97 Å². The van der Waals surface area contributed by atoms with Crippen molar-refractivity contribution in [1.29, 1.82) is 0 Å². The van der Waals surface area contributed by atoms with E-state index in [4.69, 9.17) is 15.6 Å². The van der Waals surface area contributed by atoms with E-state index < -0.39 is 23.8 Å². The molecule has 5 N–H and O–H groups in total. The number of aromatic hydroxyl groups is 1. The summed E-state index contributed by atoms with van der Waals surface area (Å²) in [6, 6.07) is 2.62. The van der Waals surface area contributed by atoms with Crippen LogP contribution < -0.4 is 15.8 Å². The second-order valence-electron chi connectivity index (χ2n) is 4.26. The van der Waals surface area contributed by atoms with Crippen molar-refractivity contribution in [3.8, 4) is 11.5 Å². The number of primary amides is 1. The van der Waals surface area contributed by atoms with Crippen molar-refractivity contribution in [2.24, 2.45) is 5.73 Å². The summed E-state index contributed by atoms with van der Waals surface area (Å²) in [5.74, 6) is -2.63. The number of nitrogens with one attached hydrogen (secondary N) is 1. The summed E-state index contributed by atoms with van der Waals surface area (Å²) in [6.07, 6.45) is -0.262. The Morgan fingerprint density at radius 1 is 1.38 bits per heavy atom. The largest absolute Gasteiger partial charge is 0.504 e. The van der Waals surface area contributed by atoms with Crippen LogP contribution in [0, 0.1) is 0 Å². The lowest BCUT2D eigenvalue weighted by Gasteiger charge is -2.14. The second-order valence-corrected chi connectivity index (χ2v) is 4.26. The van der Waals surface area contributed by atoms with Gasteiger partial charge in [0.05, 0.1) is 7.11 Å². The van der Waals surface area contributed by atoms with Crippen LogP contribution in [0.3, 0.4) is 0 Å². The Morgan fingerprint density at radius 3 is 2.57 bits per heavy atom. The van der Waals surface area contributed by atoms with Crippen LogP contribution in [0.1, 0.15) is 23.2 Å². The first-order valence-corrected chi connectivity index (χ1v) is 6.04. The molecule has 0 aliphatic rings. The van der Waals surface area contributed by atoms with Crippen molar-refractivity contribution in [2.75, 3.05) is 7.11 Å². The topological polar surface area (TPSA) is 139 Å². The molecule has 21 heavy (non-hydrogen) atoms. The Balaban J connectivity index is 2.81. The van der Waals surface area contributed by atoms with Gasteiger partial charge in [-0.05, 0) is 24.6 Å². The monoisotopic (exact) mass is 296 g/mol. The van der Waals surface area contributed by atoms with E-state index in [0.29, 0.717) is 0 Å². The van der Waals surface area contributed by atoms with Crippen molar-refractivity contribution in [1.82, 2.24) is 5.32 Å². The molecule has 0 aliphatic heterocycles. The van der Waals surface area contributed by atoms with Crippen LogP contribution in [0.25, 0.3) is 0 Å². The summed E-state index contributed by atoms with van der Waals surface area (Å²) in [6.45, 7) is 0. The average molecular weight is 296 g/mol. The maximum atomic E-state index is 12.0. The number of ether oxygens (including phenoxy) is 1. The number of phenols is 1. The Morgan fingerprint density at radius 2 is 2.05 bits per heavy atom. The standard InChI is InChI=1S/C13H16N2O6/c1-21-10-6-7(2-4-9(10)16)12(18)15-8(13(19)20)3-5-11(14)17/h2,4,6,8,16H,3,5H2,1H3,(H2,14,17)(H,15,18)(H,19,20). The highest BCUT2D eigenvalue weighted by Gasteiger charge is 2.21. The number of rotatable bonds is 7. The Kier molecular flexibility index (Phi) is 5.53. The molecule has 1 aromatic carbocycles. The molecule has 1 rings (SSSR count). The molecule has 0 bridgehead atoms. The molecule has 0 heterocycles. The Hall–Kier alpha value is -2.77. The highest BCUT2D eigenvalue weighted by molar-refractivity contribution is 5.97. The van der Waals surface area contributed by atoms with Gasteiger partial charge in [0.2, 0.25) is 5.91 Å². The molecule has 114 valence electrons. The highest BCUT2D eigenvalue weighted by Crippen LogP contribution is 2.26. The summed E-state index contributed by atoms with van der Waals surface area (Å²) < 4.78 is 4.86. The van der Waals surface area contributed by atoms with Crippen molar-refractivity contribution in [3.05, 3.63) is 23.8 Å². The van der Waals surface area contributed by atoms with Crippen molar-refractivity contribution in [2.45, 2.75) is 18.9 Å². The van der Waals surface area contributed by atoms with E-state index in [2.05, 4.69) is 5.32 Å². The summed E-state index contributed by atoms with van der Waals surface area (Å²) in [5, 5.41) is 20.7. The molecule has 8 nitrogen and oxygen atoms in total. The minimum Gasteiger partial charge on any atom is -0.504 e. The second kappa shape index (κ2) is 7.13. The van der Waals surface area contributed by atoms with Crippen LogP contribution in [0.2, 0.25) is 0 Å². The zero-order valence-corrected chi connectivity index (χ0v) is 11.3. The van der Waals surface area contributed by atoms with E-state index in [9.17, 15) is 19.5 Å². The van der Waals surface area contributed by atoms with Crippen LogP contribution in [-0.4, -0.2) is 41.1 Å². The lowest BCUT2D eigenvalue weighted by molar-refractivity contribution is -0.139. The minimum atomic E-state index is -1.27. The highest BCUT2D eigenvalue weighted by atomic mass is 16.5. The fourth-order valence-corrected chi connectivity index (χ4v) is 1.60. The fraction of sp³-hybridized carbons (Fsp3) is 0.308. The van der Waals surface area contributed by atoms with Gasteiger partial charge in [0.15, 0.2) is 11.5 Å². The molecular weight excluding hydrogens is 280 g/mol. The smallest absolute Gasteiger partial charge is 0.326 e. The van der Waals surface area contributed by atoms with Gasteiger partial charge in [0.25, 0.3) is 5.91 Å². The van der Waals surface area contributed by atoms with Crippen LogP contribution in [0.15, 0.2) is 18.2 Å². The van der Waals surface area contributed by atoms with Crippen LogP contribution in [0.4, 0.5) is 0 Å². The molecule has 0 aromatic heterocycles. The number of hydrogen-bond donors (Lipinski definition) is 4. The van der Waals surface area contributed by atoms with E-state index in [1.807, 2.05) is 0 Å². The molecule has 0 saturated carbocycles. The molecular formula is C13H16N2O6. The van der Waals surface area contributed by atoms with E-state index in [0.717, 1.165) is 0 Å². The lowest BCUT2D eigenvalue weighted by Crippen LogP contribution is -2.41. The molecule has 1 unspecified atom stereocenters. The van der Waals surface area contributed by atoms with Crippen molar-refractivity contribution < 1.29 is 29.3 Å². The number of carboxylic acid groups (broad SMARTS) is 1. The molecule has 1 atom stereocenters. The number of benzene rings is 1. The number of carbonyl (C=O) groups excluding carboxylic acids is 2. The number of amides is 2. The third kappa shape index (κ3) is 4.68. The van der Waals surface area contributed by atoms with Crippen molar-refractivity contribution in [3.63, 3.8) is 0 Å². The zero-order chi connectivity index (χ0) is 16.0. The summed E-state index contributed by atoms with van der Waals surface area (Å²) in [7, 11) is 1.32. The van der Waals surface area contributed by atoms with Gasteiger partial charge in [-0.1, -0.05) is 0 Å². The molecule has 0 spiro atoms. The normalized spacial score (nSPS) is 11.5. The fourth-order valence-electron chi connectivity index (χ4n) is 1.60. The number of carbonyl (C=O) groups is 3. The molecule has 0 saturated heterocycles. The SMILES string of the molecule is COc1cc(C(=O)NC(CCC(N)=O)C(=O)O)ccc1O. The van der Waals surface area contributed by atoms with Gasteiger partial charge in [-0.2, -0.15) is 0 Å². The average Bonchev–Trinajstić information content (AvgIpc) is 2.43. The van der Waals surface area contributed by atoms with E-state index in [1.165, 1.54) is 25.3 Å². The lowest BCUT2D eigenvalue weighted by atomic mass is 10.1. The number of nitrogens with two attached hydrogens (primary N) is 1. The zero-order valence-electron chi connectivity index (χ0n) is 11.3. The first-order valence-electron chi connectivity index (χ1n) is 6.04. The van der Waals surface area contributed by atoms with E-state index in [-0.39, 0.29) is 29.9 Å². The molecule has 0 aliphatic carbocycles. The first-order chi connectivity index (χ1) is 9.85. The van der Waals surface area contributed by atoms with Crippen molar-refractivity contribution >= 4 is 17.8 Å². The molecule has 0 fully saturated rings. The Labute approximate surface area is 120 Å². The summed E-state index contributed by atoms with van der Waals surface area (Å²) in [4.78, 5) is 33.7. The predicted octanol–water partition coefficient (Wildman–Crippen LogP) is -0.151. The number of methoxy groups -OCH3 is 1. The third-order valence-electron chi connectivity index (χ3n) is 2.72. The van der Waals surface area contributed by atoms with Gasteiger partial charge < -0.3 is 26.0 Å². The number of carboxylic acids is 1. The third-order valence-corrected chi connectivity index (χ3v) is 2.72. The number of aliphatic carboxylic acids is 1. The van der Waals surface area contributed by atoms with Gasteiger partial charge in [-0.15, -0.1) is 0 Å². The van der Waals surface area contributed by atoms with Crippen LogP contribution in [0.5, 0.6) is 11.5 Å². The number of hydrogen-bond acceptors (Lipinski definition) is 5. The van der Waals surface area contributed by atoms with E-state index >= 15 is 0 Å². The molecule has 0 radical (unpaired) electrons. The van der Waals surface area contributed by atoms with Gasteiger partial charge in [-0.3, -0.25) is 9.59 Å². The summed E-state index contributed by atoms with van der Waals surface area (Å²) in [5.41, 5.74) is 5.07. The minimum absolute atomic E-state index is 0.0895. The molecule has 8 heteroatoms. The summed E-state index contributed by atoms with van der Waals surface area (Å²) >= 11 is 0. The Bertz CT molecular complexity index is 558. The van der Waals surface area contributed by atoms with Gasteiger partial charge in [0.1, 0.15) is 6.04 Å². The quantitative estimate of drug-likeness (QED) is 0.552. The van der Waals surface area contributed by atoms with E-state index in [1.54, 1.807) is 0 Å². The van der Waals surface area contributed by atoms with Crippen LogP contribution in [-0.2, 0) is 9.59 Å². The van der Waals surface area contributed by atoms with Gasteiger partial charge in [0, 0.05) is 12.0 Å². The number of phenolic OH excluding ortho intramolecular Hbond substituents is 1. The van der Waals surface area contributed by atoms with Gasteiger partial charge in [-0.25, -0.2) is 4.79 Å². The maximum absolute atomic E-state index is 12.0. The molecule has 1 aromatic rings.